The Morgan fingerprint density at radius 3 is 2.00 bits per heavy atom. The van der Waals surface area contributed by atoms with Gasteiger partial charge in [-0.1, -0.05) is 28.1 Å². The van der Waals surface area contributed by atoms with Gasteiger partial charge in [0.25, 0.3) is 9.68 Å². The predicted molar refractivity (Wildman–Crippen MR) is 60.4 cm³/mol. The zero-order valence-electron chi connectivity index (χ0n) is 7.84. The predicted octanol–water partition coefficient (Wildman–Crippen LogP) is 0.864. The Balaban J connectivity index is 2.71. The number of hydrogen-bond acceptors (Lipinski definition) is 0. The zero-order valence-corrected chi connectivity index (χ0v) is 10.8. The van der Waals surface area contributed by atoms with Gasteiger partial charge in [0, 0.05) is 4.47 Å². The Kier molecular flexibility index (Phi) is 3.09. The second-order valence-corrected chi connectivity index (χ2v) is 8.02. The molecule has 0 atom stereocenters. The molecule has 0 saturated heterocycles. The van der Waals surface area contributed by atoms with Gasteiger partial charge in [0.2, 0.25) is 0 Å². The maximum Gasteiger partial charge on any atom is 0.287 e. The second kappa shape index (κ2) is 3.73. The lowest BCUT2D eigenvalue weighted by Gasteiger charge is -2.24. The van der Waals surface area contributed by atoms with Crippen molar-refractivity contribution < 1.29 is 4.15 Å². The average Bonchev–Trinajstić information content (AvgIpc) is 1.91. The van der Waals surface area contributed by atoms with Crippen LogP contribution in [-0.2, 0) is 0 Å². The van der Waals surface area contributed by atoms with Crippen molar-refractivity contribution in [1.29, 1.82) is 0 Å². The van der Waals surface area contributed by atoms with Gasteiger partial charge in [-0.25, -0.2) is 0 Å². The van der Waals surface area contributed by atoms with Crippen LogP contribution in [0.1, 0.15) is 0 Å². The van der Waals surface area contributed by atoms with E-state index in [4.69, 9.17) is 0 Å². The molecule has 66 valence electrons. The molecule has 1 nitrogen and oxygen atoms in total. The third-order valence-electron chi connectivity index (χ3n) is 1.57. The highest BCUT2D eigenvalue weighted by Crippen LogP contribution is 2.05. The van der Waals surface area contributed by atoms with Gasteiger partial charge < -0.3 is 4.15 Å². The van der Waals surface area contributed by atoms with E-state index in [2.05, 4.69) is 61.3 Å². The maximum atomic E-state index is 3.44. The first-order valence-electron chi connectivity index (χ1n) is 4.02. The third kappa shape index (κ3) is 3.52. The van der Waals surface area contributed by atoms with E-state index in [-0.39, 0.29) is 9.68 Å². The minimum Gasteiger partial charge on any atom is -0.392 e. The van der Waals surface area contributed by atoms with Crippen LogP contribution in [0.2, 0.25) is 0 Å². The van der Waals surface area contributed by atoms with Crippen LogP contribution in [0.4, 0.5) is 0 Å². The molecule has 0 aliphatic rings. The van der Waals surface area contributed by atoms with Crippen LogP contribution in [0.25, 0.3) is 0 Å². The first-order valence-corrected chi connectivity index (χ1v) is 6.15. The first kappa shape index (κ1) is 9.96. The van der Waals surface area contributed by atoms with Crippen molar-refractivity contribution in [3.63, 3.8) is 0 Å². The Morgan fingerprint density at radius 2 is 1.58 bits per heavy atom. The molecule has 0 fully saturated rings. The van der Waals surface area contributed by atoms with Crippen molar-refractivity contribution in [1.82, 2.24) is 0 Å². The van der Waals surface area contributed by atoms with Gasteiger partial charge in [-0.15, -0.1) is 0 Å². The number of rotatable bonds is 2. The zero-order chi connectivity index (χ0) is 9.19. The lowest BCUT2D eigenvalue weighted by molar-refractivity contribution is -0.754. The molecule has 0 aromatic heterocycles. The summed E-state index contributed by atoms with van der Waals surface area (Å²) in [5.41, 5.74) is 0. The van der Waals surface area contributed by atoms with Crippen molar-refractivity contribution in [2.45, 2.75) is 0 Å². The van der Waals surface area contributed by atoms with E-state index in [1.54, 1.807) is 0 Å². The molecule has 1 aromatic carbocycles. The Labute approximate surface area is 85.0 Å². The molecule has 0 radical (unpaired) electrons. The summed E-state index contributed by atoms with van der Waals surface area (Å²) in [6, 6.07) is 8.69. The highest BCUT2D eigenvalue weighted by Gasteiger charge is 2.09. The normalized spacial score (nSPS) is 12.7. The SMILES string of the molecule is C[N+](C)(C)[SiH2]c1ccc(Br)cc1. The van der Waals surface area contributed by atoms with Crippen molar-refractivity contribution >= 4 is 30.8 Å². The molecule has 0 N–H and O–H groups in total. The number of nitrogens with zero attached hydrogens (tertiary/aromatic N) is 1. The fourth-order valence-corrected chi connectivity index (χ4v) is 2.94. The van der Waals surface area contributed by atoms with Crippen LogP contribution < -0.4 is 5.19 Å². The summed E-state index contributed by atoms with van der Waals surface area (Å²) < 4.78 is 2.28. The Bertz CT molecular complexity index is 250. The van der Waals surface area contributed by atoms with Gasteiger partial charge in [0.15, 0.2) is 0 Å². The van der Waals surface area contributed by atoms with Crippen molar-refractivity contribution in [3.8, 4) is 0 Å². The van der Waals surface area contributed by atoms with Gasteiger partial charge in [-0.3, -0.25) is 0 Å². The van der Waals surface area contributed by atoms with E-state index >= 15 is 0 Å². The van der Waals surface area contributed by atoms with E-state index in [9.17, 15) is 0 Å². The molecule has 0 heterocycles. The molecule has 1 aromatic rings. The van der Waals surface area contributed by atoms with Crippen LogP contribution in [0.15, 0.2) is 28.7 Å². The summed E-state index contributed by atoms with van der Waals surface area (Å²) in [6.45, 7) is 0. The molecule has 0 saturated carbocycles. The molecular weight excluding hydrogens is 230 g/mol. The molecule has 1 rings (SSSR count). The van der Waals surface area contributed by atoms with Gasteiger partial charge in [0.05, 0.1) is 21.1 Å². The Morgan fingerprint density at radius 1 is 1.08 bits per heavy atom. The summed E-state index contributed by atoms with van der Waals surface area (Å²) >= 11 is 3.44. The summed E-state index contributed by atoms with van der Waals surface area (Å²) in [4.78, 5) is 0. The molecule has 3 heteroatoms. The van der Waals surface area contributed by atoms with Crippen molar-refractivity contribution in [2.24, 2.45) is 0 Å². The van der Waals surface area contributed by atoms with E-state index < -0.39 is 0 Å². The molecule has 0 amide bonds. The topological polar surface area (TPSA) is 0 Å². The van der Waals surface area contributed by atoms with E-state index in [0.29, 0.717) is 0 Å². The van der Waals surface area contributed by atoms with Gasteiger partial charge in [-0.2, -0.15) is 0 Å². The quantitative estimate of drug-likeness (QED) is 0.678. The van der Waals surface area contributed by atoms with E-state index in [1.165, 1.54) is 9.66 Å². The number of quaternary nitrogens is 1. The summed E-state index contributed by atoms with van der Waals surface area (Å²) in [6.07, 6.45) is 0. The van der Waals surface area contributed by atoms with Crippen molar-refractivity contribution in [3.05, 3.63) is 28.7 Å². The maximum absolute atomic E-state index is 3.44. The molecule has 12 heavy (non-hydrogen) atoms. The smallest absolute Gasteiger partial charge is 0.287 e. The molecule has 0 unspecified atom stereocenters. The fraction of sp³-hybridized carbons (Fsp3) is 0.333. The standard InChI is InChI=1S/C9H15BrNSi/c1-11(2,3)12-9-6-4-8(10)5-7-9/h4-7H,12H2,1-3H3/q+1. The first-order chi connectivity index (χ1) is 5.47. The molecule has 0 aliphatic heterocycles. The monoisotopic (exact) mass is 244 g/mol. The highest BCUT2D eigenvalue weighted by atomic mass is 79.9. The van der Waals surface area contributed by atoms with Crippen LogP contribution in [0, 0.1) is 0 Å². The number of hydrogen-bond donors (Lipinski definition) is 0. The Hall–Kier alpha value is -0.123. The fourth-order valence-electron chi connectivity index (χ4n) is 1.14. The summed E-state index contributed by atoms with van der Waals surface area (Å²) in [5, 5.41) is 1.52. The number of halogens is 1. The highest BCUT2D eigenvalue weighted by molar-refractivity contribution is 9.10. The molecular formula is C9H15BrNSi+. The second-order valence-electron chi connectivity index (χ2n) is 4.07. The van der Waals surface area contributed by atoms with Crippen LogP contribution in [-0.4, -0.2) is 35.0 Å². The van der Waals surface area contributed by atoms with Crippen LogP contribution >= 0.6 is 15.9 Å². The third-order valence-corrected chi connectivity index (χ3v) is 3.88. The minimum absolute atomic E-state index is 0.172. The largest absolute Gasteiger partial charge is 0.392 e. The van der Waals surface area contributed by atoms with Gasteiger partial charge >= 0.3 is 0 Å². The summed E-state index contributed by atoms with van der Waals surface area (Å²) in [5.74, 6) is 0. The lowest BCUT2D eigenvalue weighted by Crippen LogP contribution is -2.44. The van der Waals surface area contributed by atoms with Crippen LogP contribution in [0.3, 0.4) is 0 Å². The minimum atomic E-state index is -0.172. The van der Waals surface area contributed by atoms with E-state index in [1.807, 2.05) is 0 Å². The molecule has 0 spiro atoms. The molecule has 0 aliphatic carbocycles. The van der Waals surface area contributed by atoms with E-state index in [0.717, 1.165) is 4.15 Å². The summed E-state index contributed by atoms with van der Waals surface area (Å²) in [7, 11) is 6.60. The van der Waals surface area contributed by atoms with Gasteiger partial charge in [0.1, 0.15) is 0 Å². The molecule has 0 bridgehead atoms. The average molecular weight is 245 g/mol. The van der Waals surface area contributed by atoms with Gasteiger partial charge in [-0.05, 0) is 17.3 Å². The lowest BCUT2D eigenvalue weighted by atomic mass is 10.4. The number of benzene rings is 1. The van der Waals surface area contributed by atoms with Crippen molar-refractivity contribution in [2.75, 3.05) is 21.1 Å². The van der Waals surface area contributed by atoms with Crippen LogP contribution in [0.5, 0.6) is 0 Å².